The Hall–Kier alpha value is -1.45. The van der Waals surface area contributed by atoms with E-state index in [1.54, 1.807) is 18.8 Å². The monoisotopic (exact) mass is 304 g/mol. The van der Waals surface area contributed by atoms with Gasteiger partial charge < -0.3 is 5.32 Å². The summed E-state index contributed by atoms with van der Waals surface area (Å²) in [6, 6.07) is 18.4. The van der Waals surface area contributed by atoms with Crippen LogP contribution in [0.3, 0.4) is 0 Å². The van der Waals surface area contributed by atoms with Crippen LogP contribution in [-0.4, -0.2) is 19.3 Å². The molecule has 0 radical (unpaired) electrons. The lowest BCUT2D eigenvalue weighted by atomic mass is 10.0. The fourth-order valence-electron chi connectivity index (χ4n) is 1.93. The van der Waals surface area contributed by atoms with Crippen LogP contribution in [0.5, 0.6) is 0 Å². The Morgan fingerprint density at radius 2 is 1.65 bits per heavy atom. The molecule has 2 aromatic carbocycles. The first kappa shape index (κ1) is 14.9. The number of hydrogen-bond donors (Lipinski definition) is 1. The second-order valence-electron chi connectivity index (χ2n) is 4.24. The van der Waals surface area contributed by atoms with Crippen molar-refractivity contribution >= 4 is 28.5 Å². The van der Waals surface area contributed by atoms with Gasteiger partial charge >= 0.3 is 0 Å². The number of rotatable bonds is 3. The fourth-order valence-corrected chi connectivity index (χ4v) is 3.09. The molecular formula is C16H17ClN2S. The highest BCUT2D eigenvalue weighted by atomic mass is 35.5. The Bertz CT molecular complexity index is 567. The van der Waals surface area contributed by atoms with Crippen LogP contribution < -0.4 is 5.32 Å². The number of halogens is 1. The highest BCUT2D eigenvalue weighted by Crippen LogP contribution is 2.36. The predicted octanol–water partition coefficient (Wildman–Crippen LogP) is 4.37. The van der Waals surface area contributed by atoms with Crippen LogP contribution in [0.15, 0.2) is 59.6 Å². The van der Waals surface area contributed by atoms with Crippen LogP contribution in [0.1, 0.15) is 16.4 Å². The van der Waals surface area contributed by atoms with Crippen molar-refractivity contribution in [2.75, 3.05) is 14.1 Å². The predicted molar refractivity (Wildman–Crippen MR) is 89.7 cm³/mol. The summed E-state index contributed by atoms with van der Waals surface area (Å²) in [5.41, 5.74) is 2.46. The SMILES string of the molecule is CN=C(NC)S[C@H](c1ccccc1)c1ccc(Cl)cc1. The number of thioether (sulfide) groups is 1. The molecule has 1 N–H and O–H groups in total. The number of benzene rings is 2. The van der Waals surface area contributed by atoms with E-state index in [-0.39, 0.29) is 5.25 Å². The molecular weight excluding hydrogens is 288 g/mol. The topological polar surface area (TPSA) is 24.4 Å². The molecule has 0 aliphatic rings. The number of aliphatic imine (C=N–C) groups is 1. The van der Waals surface area contributed by atoms with Crippen molar-refractivity contribution in [1.29, 1.82) is 0 Å². The van der Waals surface area contributed by atoms with Gasteiger partial charge in [0.15, 0.2) is 5.17 Å². The molecule has 20 heavy (non-hydrogen) atoms. The summed E-state index contributed by atoms with van der Waals surface area (Å²) in [4.78, 5) is 4.26. The zero-order chi connectivity index (χ0) is 14.4. The lowest BCUT2D eigenvalue weighted by molar-refractivity contribution is 1.15. The Morgan fingerprint density at radius 1 is 1.05 bits per heavy atom. The van der Waals surface area contributed by atoms with E-state index in [0.717, 1.165) is 10.2 Å². The summed E-state index contributed by atoms with van der Waals surface area (Å²) in [5, 5.41) is 4.98. The first-order chi connectivity index (χ1) is 9.74. The van der Waals surface area contributed by atoms with Gasteiger partial charge in [0.25, 0.3) is 0 Å². The summed E-state index contributed by atoms with van der Waals surface area (Å²) >= 11 is 7.68. The second kappa shape index (κ2) is 7.36. The minimum Gasteiger partial charge on any atom is -0.368 e. The van der Waals surface area contributed by atoms with E-state index in [2.05, 4.69) is 46.7 Å². The standard InChI is InChI=1S/C16H17ClN2S/c1-18-16(19-2)20-15(12-6-4-3-5-7-12)13-8-10-14(17)11-9-13/h3-11,15H,1-2H3,(H,18,19)/t15-/m1/s1. The molecule has 2 nitrogen and oxygen atoms in total. The van der Waals surface area contributed by atoms with E-state index in [1.807, 2.05) is 25.2 Å². The zero-order valence-corrected chi connectivity index (χ0v) is 13.1. The first-order valence-electron chi connectivity index (χ1n) is 6.36. The van der Waals surface area contributed by atoms with Crippen molar-refractivity contribution < 1.29 is 0 Å². The molecule has 1 atom stereocenters. The van der Waals surface area contributed by atoms with Gasteiger partial charge in [-0.15, -0.1) is 0 Å². The normalized spacial score (nSPS) is 13.1. The molecule has 0 aliphatic carbocycles. The number of nitrogens with one attached hydrogen (secondary N) is 1. The molecule has 0 unspecified atom stereocenters. The third-order valence-electron chi connectivity index (χ3n) is 2.92. The minimum absolute atomic E-state index is 0.194. The molecule has 0 heterocycles. The summed E-state index contributed by atoms with van der Waals surface area (Å²) in [7, 11) is 3.68. The van der Waals surface area contributed by atoms with Crippen molar-refractivity contribution in [2.24, 2.45) is 4.99 Å². The maximum absolute atomic E-state index is 5.98. The molecule has 2 aromatic rings. The van der Waals surface area contributed by atoms with Crippen LogP contribution >= 0.6 is 23.4 Å². The maximum Gasteiger partial charge on any atom is 0.156 e. The molecule has 0 saturated carbocycles. The van der Waals surface area contributed by atoms with E-state index in [9.17, 15) is 0 Å². The van der Waals surface area contributed by atoms with Crippen LogP contribution in [0.2, 0.25) is 5.02 Å². The molecule has 0 aromatic heterocycles. The van der Waals surface area contributed by atoms with Gasteiger partial charge in [0, 0.05) is 19.1 Å². The zero-order valence-electron chi connectivity index (χ0n) is 11.5. The van der Waals surface area contributed by atoms with E-state index in [0.29, 0.717) is 0 Å². The van der Waals surface area contributed by atoms with Crippen molar-refractivity contribution in [1.82, 2.24) is 5.32 Å². The van der Waals surface area contributed by atoms with Crippen LogP contribution in [-0.2, 0) is 0 Å². The number of amidine groups is 1. The van der Waals surface area contributed by atoms with E-state index in [1.165, 1.54) is 11.1 Å². The number of nitrogens with zero attached hydrogens (tertiary/aromatic N) is 1. The van der Waals surface area contributed by atoms with Crippen molar-refractivity contribution in [3.05, 3.63) is 70.7 Å². The van der Waals surface area contributed by atoms with Crippen molar-refractivity contribution in [3.8, 4) is 0 Å². The first-order valence-corrected chi connectivity index (χ1v) is 7.62. The summed E-state index contributed by atoms with van der Waals surface area (Å²) in [6.45, 7) is 0. The highest BCUT2D eigenvalue weighted by molar-refractivity contribution is 8.14. The molecule has 0 fully saturated rings. The molecule has 0 bridgehead atoms. The molecule has 4 heteroatoms. The van der Waals surface area contributed by atoms with Crippen molar-refractivity contribution in [3.63, 3.8) is 0 Å². The van der Waals surface area contributed by atoms with Crippen molar-refractivity contribution in [2.45, 2.75) is 5.25 Å². The summed E-state index contributed by atoms with van der Waals surface area (Å²) in [6.07, 6.45) is 0. The average molecular weight is 305 g/mol. The smallest absolute Gasteiger partial charge is 0.156 e. The van der Waals surface area contributed by atoms with Gasteiger partial charge in [-0.1, -0.05) is 65.8 Å². The Balaban J connectivity index is 2.36. The Morgan fingerprint density at radius 3 is 2.20 bits per heavy atom. The fraction of sp³-hybridized carbons (Fsp3) is 0.188. The molecule has 104 valence electrons. The van der Waals surface area contributed by atoms with E-state index in [4.69, 9.17) is 11.6 Å². The summed E-state index contributed by atoms with van der Waals surface area (Å²) in [5.74, 6) is 0. The van der Waals surface area contributed by atoms with Crippen LogP contribution in [0.4, 0.5) is 0 Å². The third kappa shape index (κ3) is 3.78. The van der Waals surface area contributed by atoms with Crippen LogP contribution in [0.25, 0.3) is 0 Å². The highest BCUT2D eigenvalue weighted by Gasteiger charge is 2.17. The van der Waals surface area contributed by atoms with E-state index < -0.39 is 0 Å². The average Bonchev–Trinajstić information content (AvgIpc) is 2.51. The van der Waals surface area contributed by atoms with Gasteiger partial charge in [-0.05, 0) is 23.3 Å². The van der Waals surface area contributed by atoms with Gasteiger partial charge in [-0.3, -0.25) is 4.99 Å². The molecule has 0 spiro atoms. The molecule has 0 saturated heterocycles. The molecule has 2 rings (SSSR count). The third-order valence-corrected chi connectivity index (χ3v) is 4.56. The van der Waals surface area contributed by atoms with Gasteiger partial charge in [-0.2, -0.15) is 0 Å². The minimum atomic E-state index is 0.194. The molecule has 0 aliphatic heterocycles. The van der Waals surface area contributed by atoms with Crippen LogP contribution in [0, 0.1) is 0 Å². The van der Waals surface area contributed by atoms with E-state index >= 15 is 0 Å². The van der Waals surface area contributed by atoms with Gasteiger partial charge in [0.2, 0.25) is 0 Å². The summed E-state index contributed by atoms with van der Waals surface area (Å²) < 4.78 is 0. The molecule has 0 amide bonds. The maximum atomic E-state index is 5.98. The Labute approximate surface area is 129 Å². The largest absolute Gasteiger partial charge is 0.368 e. The quantitative estimate of drug-likeness (QED) is 0.673. The Kier molecular flexibility index (Phi) is 5.50. The van der Waals surface area contributed by atoms with Gasteiger partial charge in [-0.25, -0.2) is 0 Å². The second-order valence-corrected chi connectivity index (χ2v) is 5.77. The number of hydrogen-bond acceptors (Lipinski definition) is 2. The van der Waals surface area contributed by atoms with Gasteiger partial charge in [0.1, 0.15) is 0 Å². The van der Waals surface area contributed by atoms with Gasteiger partial charge in [0.05, 0.1) is 5.25 Å². The lowest BCUT2D eigenvalue weighted by Gasteiger charge is -2.18. The lowest BCUT2D eigenvalue weighted by Crippen LogP contribution is -2.16.